The first kappa shape index (κ1) is 23.4. The van der Waals surface area contributed by atoms with Crippen LogP contribution in [-0.4, -0.2) is 86.9 Å². The van der Waals surface area contributed by atoms with Gasteiger partial charge in [-0.3, -0.25) is 9.59 Å². The fourth-order valence-electron chi connectivity index (χ4n) is 4.80. The van der Waals surface area contributed by atoms with Gasteiger partial charge >= 0.3 is 0 Å². The van der Waals surface area contributed by atoms with Gasteiger partial charge in [0.25, 0.3) is 17.6 Å². The molecule has 1 saturated heterocycles. The van der Waals surface area contributed by atoms with Gasteiger partial charge in [-0.05, 0) is 36.4 Å². The second-order valence-corrected chi connectivity index (χ2v) is 9.09. The summed E-state index contributed by atoms with van der Waals surface area (Å²) in [5.41, 5.74) is 0.981. The lowest BCUT2D eigenvalue weighted by Gasteiger charge is -2.43. The number of hydrogen-bond acceptors (Lipinski definition) is 9. The molecule has 0 aliphatic carbocycles. The Morgan fingerprint density at radius 2 is 1.89 bits per heavy atom. The summed E-state index contributed by atoms with van der Waals surface area (Å²) in [5.74, 6) is -1.45. The minimum Gasteiger partial charge on any atom is -0.357 e. The number of rotatable bonds is 5. The molecule has 38 heavy (non-hydrogen) atoms. The fraction of sp³-hybridized carbons (Fsp3) is 0.250. The summed E-state index contributed by atoms with van der Waals surface area (Å²) in [4.78, 5) is 37.3. The molecular weight excluding hydrogens is 493 g/mol. The van der Waals surface area contributed by atoms with E-state index < -0.39 is 17.5 Å². The fourth-order valence-corrected chi connectivity index (χ4v) is 4.80. The van der Waals surface area contributed by atoms with Crippen LogP contribution < -0.4 is 4.90 Å². The molecule has 1 amide bonds. The summed E-state index contributed by atoms with van der Waals surface area (Å²) in [6.45, 7) is 4.44. The topological polar surface area (TPSA) is 144 Å². The summed E-state index contributed by atoms with van der Waals surface area (Å²) < 4.78 is 17.8. The number of carbonyl (C=O) groups is 2. The van der Waals surface area contributed by atoms with Crippen molar-refractivity contribution in [2.75, 3.05) is 18.0 Å². The molecule has 0 radical (unpaired) electrons. The van der Waals surface area contributed by atoms with Gasteiger partial charge < -0.3 is 14.8 Å². The number of para-hydroxylation sites is 1. The van der Waals surface area contributed by atoms with Crippen LogP contribution in [0.1, 0.15) is 24.2 Å². The number of carbonyl (C=O) groups excluding carboxylic acids is 2. The molecule has 1 N–H and O–H groups in total. The zero-order chi connectivity index (χ0) is 26.4. The van der Waals surface area contributed by atoms with E-state index in [1.54, 1.807) is 10.9 Å². The van der Waals surface area contributed by atoms with Crippen molar-refractivity contribution < 1.29 is 14.0 Å². The van der Waals surface area contributed by atoms with Crippen LogP contribution in [0.25, 0.3) is 22.4 Å². The number of aromatic amines is 1. The first-order chi connectivity index (χ1) is 18.4. The number of Topliss-reactive ketones (excluding diaryl/α,β-unsaturated/α-hetero) is 1. The lowest BCUT2D eigenvalue weighted by atomic mass is 10.0. The average molecular weight is 516 g/mol. The highest BCUT2D eigenvalue weighted by molar-refractivity contribution is 6.45. The van der Waals surface area contributed by atoms with Crippen molar-refractivity contribution in [1.29, 1.82) is 0 Å². The highest BCUT2D eigenvalue weighted by atomic mass is 19.1. The van der Waals surface area contributed by atoms with E-state index >= 15 is 0 Å². The number of piperazine rings is 1. The van der Waals surface area contributed by atoms with Crippen LogP contribution in [0.2, 0.25) is 0 Å². The zero-order valence-electron chi connectivity index (χ0n) is 20.4. The molecule has 5 heterocycles. The smallest absolute Gasteiger partial charge is 0.295 e. The standard InChI is InChI=1S/C24H22FN11O2/c1-14-13-34(24-29-30-32-36(24)16-6-4-3-5-7-16)15(2)12-33(14)23(38)21(37)17-10-26-20-19(17)18(25)11-27-22(20)35-9-8-28-31-35/h3-11,14-15,26H,12-13H2,1-2H3/t14-,15+/m1/s1. The Bertz CT molecular complexity index is 1630. The number of pyridine rings is 1. The van der Waals surface area contributed by atoms with Gasteiger partial charge in [0.2, 0.25) is 0 Å². The number of aromatic nitrogens is 9. The van der Waals surface area contributed by atoms with E-state index in [2.05, 4.69) is 35.8 Å². The highest BCUT2D eigenvalue weighted by Crippen LogP contribution is 2.28. The van der Waals surface area contributed by atoms with Gasteiger partial charge in [-0.25, -0.2) is 14.1 Å². The molecule has 1 aliphatic rings. The molecule has 0 saturated carbocycles. The van der Waals surface area contributed by atoms with Crippen LogP contribution in [-0.2, 0) is 4.79 Å². The first-order valence-corrected chi connectivity index (χ1v) is 11.9. The maximum Gasteiger partial charge on any atom is 0.295 e. The molecule has 6 rings (SSSR count). The number of benzene rings is 1. The van der Waals surface area contributed by atoms with Crippen molar-refractivity contribution in [1.82, 2.24) is 50.1 Å². The Morgan fingerprint density at radius 3 is 2.66 bits per heavy atom. The Balaban J connectivity index is 1.26. The van der Waals surface area contributed by atoms with Gasteiger partial charge in [-0.15, -0.1) is 5.10 Å². The Labute approximate surface area is 214 Å². The second kappa shape index (κ2) is 9.14. The van der Waals surface area contributed by atoms with Gasteiger partial charge in [0.15, 0.2) is 11.6 Å². The summed E-state index contributed by atoms with van der Waals surface area (Å²) in [6.07, 6.45) is 5.32. The minimum absolute atomic E-state index is 0.0229. The number of hydrogen-bond donors (Lipinski definition) is 1. The first-order valence-electron chi connectivity index (χ1n) is 11.9. The molecular formula is C24H22FN11O2. The van der Waals surface area contributed by atoms with Crippen molar-refractivity contribution in [3.05, 3.63) is 66.5 Å². The van der Waals surface area contributed by atoms with Crippen LogP contribution in [0.5, 0.6) is 0 Å². The number of nitrogens with one attached hydrogen (secondary N) is 1. The van der Waals surface area contributed by atoms with Gasteiger partial charge in [0.1, 0.15) is 0 Å². The average Bonchev–Trinajstić information content (AvgIpc) is 3.71. The predicted octanol–water partition coefficient (Wildman–Crippen LogP) is 1.57. The van der Waals surface area contributed by atoms with E-state index in [-0.39, 0.29) is 40.9 Å². The third-order valence-electron chi connectivity index (χ3n) is 6.68. The molecule has 4 aromatic heterocycles. The predicted molar refractivity (Wildman–Crippen MR) is 132 cm³/mol. The monoisotopic (exact) mass is 515 g/mol. The number of nitrogens with zero attached hydrogens (tertiary/aromatic N) is 10. The quantitative estimate of drug-likeness (QED) is 0.272. The SMILES string of the molecule is C[C@@H]1CN(c2nnnn2-c2ccccc2)[C@@H](C)CN1C(=O)C(=O)c1c[nH]c2c(-n3ccnn3)ncc(F)c12. The lowest BCUT2D eigenvalue weighted by molar-refractivity contribution is -0.129. The normalized spacial score (nSPS) is 17.8. The van der Waals surface area contributed by atoms with Crippen LogP contribution in [0.3, 0.4) is 0 Å². The van der Waals surface area contributed by atoms with Crippen LogP contribution in [0.15, 0.2) is 55.1 Å². The number of halogens is 1. The van der Waals surface area contributed by atoms with Crippen LogP contribution in [0, 0.1) is 5.82 Å². The van der Waals surface area contributed by atoms with E-state index in [0.717, 1.165) is 11.9 Å². The van der Waals surface area contributed by atoms with Crippen LogP contribution in [0.4, 0.5) is 10.3 Å². The number of ketones is 1. The number of anilines is 1. The van der Waals surface area contributed by atoms with E-state index in [0.29, 0.717) is 12.5 Å². The minimum atomic E-state index is -0.812. The molecule has 2 atom stereocenters. The van der Waals surface area contributed by atoms with Crippen molar-refractivity contribution in [3.63, 3.8) is 0 Å². The second-order valence-electron chi connectivity index (χ2n) is 9.09. The van der Waals surface area contributed by atoms with E-state index in [4.69, 9.17) is 0 Å². The maximum absolute atomic E-state index is 14.9. The summed E-state index contributed by atoms with van der Waals surface area (Å²) in [7, 11) is 0. The van der Waals surface area contributed by atoms with E-state index in [1.165, 1.54) is 22.0 Å². The lowest BCUT2D eigenvalue weighted by Crippen LogP contribution is -2.60. The van der Waals surface area contributed by atoms with Gasteiger partial charge in [-0.1, -0.05) is 28.5 Å². The molecule has 1 aromatic carbocycles. The third kappa shape index (κ3) is 3.77. The molecule has 5 aromatic rings. The Morgan fingerprint density at radius 1 is 1.08 bits per heavy atom. The number of amides is 1. The zero-order valence-corrected chi connectivity index (χ0v) is 20.4. The van der Waals surface area contributed by atoms with Gasteiger partial charge in [0.05, 0.1) is 40.7 Å². The largest absolute Gasteiger partial charge is 0.357 e. The molecule has 192 valence electrons. The highest BCUT2D eigenvalue weighted by Gasteiger charge is 2.38. The summed E-state index contributed by atoms with van der Waals surface area (Å²) >= 11 is 0. The van der Waals surface area contributed by atoms with Crippen molar-refractivity contribution in [3.8, 4) is 11.5 Å². The Kier molecular flexibility index (Phi) is 5.62. The molecule has 13 nitrogen and oxygen atoms in total. The number of tetrazole rings is 1. The van der Waals surface area contributed by atoms with Crippen LogP contribution >= 0.6 is 0 Å². The molecule has 0 bridgehead atoms. The maximum atomic E-state index is 14.9. The Hall–Kier alpha value is -5.01. The van der Waals surface area contributed by atoms with Gasteiger partial charge in [0, 0.05) is 31.4 Å². The van der Waals surface area contributed by atoms with Crippen molar-refractivity contribution in [2.24, 2.45) is 0 Å². The van der Waals surface area contributed by atoms with Crippen molar-refractivity contribution in [2.45, 2.75) is 25.9 Å². The third-order valence-corrected chi connectivity index (χ3v) is 6.68. The molecule has 1 fully saturated rings. The van der Waals surface area contributed by atoms with E-state index in [1.807, 2.05) is 49.1 Å². The summed E-state index contributed by atoms with van der Waals surface area (Å²) in [6, 6.07) is 8.96. The summed E-state index contributed by atoms with van der Waals surface area (Å²) in [5, 5.41) is 19.8. The molecule has 0 unspecified atom stereocenters. The van der Waals surface area contributed by atoms with Crippen molar-refractivity contribution >= 4 is 28.5 Å². The van der Waals surface area contributed by atoms with E-state index in [9.17, 15) is 14.0 Å². The van der Waals surface area contributed by atoms with Gasteiger partial charge in [-0.2, -0.15) is 4.68 Å². The molecule has 1 aliphatic heterocycles. The number of fused-ring (bicyclic) bond motifs is 1. The molecule has 14 heteroatoms. The molecule has 0 spiro atoms. The number of H-pyrrole nitrogens is 1.